The lowest BCUT2D eigenvalue weighted by molar-refractivity contribution is 0.0172. The average molecular weight is 266 g/mol. The maximum absolute atomic E-state index is 11.7. The number of primary amides is 1. The van der Waals surface area contributed by atoms with Crippen LogP contribution in [0.25, 0.3) is 0 Å². The number of nitrogens with zero attached hydrogens (tertiary/aromatic N) is 2. The molecule has 0 atom stereocenters. The van der Waals surface area contributed by atoms with Gasteiger partial charge in [0.15, 0.2) is 0 Å². The van der Waals surface area contributed by atoms with Crippen LogP contribution in [-0.4, -0.2) is 53.7 Å². The number of ether oxygens (including phenoxy) is 1. The van der Waals surface area contributed by atoms with Crippen molar-refractivity contribution >= 4 is 24.5 Å². The maximum Gasteiger partial charge on any atom is 0.410 e. The van der Waals surface area contributed by atoms with E-state index in [4.69, 9.17) is 10.5 Å². The van der Waals surface area contributed by atoms with Gasteiger partial charge in [-0.05, 0) is 20.8 Å². The fourth-order valence-electron chi connectivity index (χ4n) is 1.44. The van der Waals surface area contributed by atoms with Gasteiger partial charge in [-0.15, -0.1) is 12.4 Å². The highest BCUT2D eigenvalue weighted by Gasteiger charge is 2.26. The van der Waals surface area contributed by atoms with Gasteiger partial charge in [-0.2, -0.15) is 0 Å². The largest absolute Gasteiger partial charge is 0.444 e. The van der Waals surface area contributed by atoms with E-state index in [1.165, 1.54) is 4.90 Å². The molecule has 0 bridgehead atoms. The van der Waals surface area contributed by atoms with Crippen molar-refractivity contribution in [1.29, 1.82) is 0 Å². The molecule has 0 saturated carbocycles. The summed E-state index contributed by atoms with van der Waals surface area (Å²) in [6.07, 6.45) is -0.336. The first kappa shape index (κ1) is 15.8. The molecule has 0 spiro atoms. The summed E-state index contributed by atoms with van der Waals surface area (Å²) in [4.78, 5) is 25.6. The smallest absolute Gasteiger partial charge is 0.410 e. The number of nitrogens with two attached hydrogens (primary N) is 1. The van der Waals surface area contributed by atoms with E-state index in [-0.39, 0.29) is 18.5 Å². The summed E-state index contributed by atoms with van der Waals surface area (Å²) in [6, 6.07) is -0.441. The summed E-state index contributed by atoms with van der Waals surface area (Å²) in [5, 5.41) is 0. The van der Waals surface area contributed by atoms with E-state index in [0.29, 0.717) is 26.2 Å². The Bertz CT molecular complexity index is 283. The fourth-order valence-corrected chi connectivity index (χ4v) is 1.44. The third kappa shape index (κ3) is 5.12. The Hall–Kier alpha value is -1.17. The van der Waals surface area contributed by atoms with Crippen LogP contribution in [0, 0.1) is 0 Å². The SMILES string of the molecule is CC(C)(C)OC(=O)N1CCN(C(N)=O)CC1.Cl. The summed E-state index contributed by atoms with van der Waals surface area (Å²) < 4.78 is 5.23. The molecule has 2 N–H and O–H groups in total. The first-order chi connectivity index (χ1) is 7.29. The molecule has 1 heterocycles. The van der Waals surface area contributed by atoms with Crippen LogP contribution in [0.3, 0.4) is 0 Å². The van der Waals surface area contributed by atoms with Gasteiger partial charge in [0.05, 0.1) is 0 Å². The maximum atomic E-state index is 11.7. The summed E-state index contributed by atoms with van der Waals surface area (Å²) in [5.74, 6) is 0. The number of carbonyl (C=O) groups is 2. The highest BCUT2D eigenvalue weighted by molar-refractivity contribution is 5.85. The molecule has 1 fully saturated rings. The highest BCUT2D eigenvalue weighted by atomic mass is 35.5. The molecule has 0 radical (unpaired) electrons. The van der Waals surface area contributed by atoms with Crippen molar-refractivity contribution in [1.82, 2.24) is 9.80 Å². The molecule has 7 heteroatoms. The molecular weight excluding hydrogens is 246 g/mol. The van der Waals surface area contributed by atoms with E-state index in [2.05, 4.69) is 0 Å². The van der Waals surface area contributed by atoms with Crippen LogP contribution in [0.15, 0.2) is 0 Å². The lowest BCUT2D eigenvalue weighted by atomic mass is 10.2. The van der Waals surface area contributed by atoms with Gasteiger partial charge in [-0.25, -0.2) is 9.59 Å². The number of carbonyl (C=O) groups excluding carboxylic acids is 2. The van der Waals surface area contributed by atoms with Gasteiger partial charge in [0.25, 0.3) is 0 Å². The van der Waals surface area contributed by atoms with Crippen molar-refractivity contribution in [3.8, 4) is 0 Å². The van der Waals surface area contributed by atoms with E-state index < -0.39 is 11.6 Å². The van der Waals surface area contributed by atoms with Crippen molar-refractivity contribution in [3.05, 3.63) is 0 Å². The van der Waals surface area contributed by atoms with E-state index in [1.54, 1.807) is 4.90 Å². The molecule has 100 valence electrons. The van der Waals surface area contributed by atoms with Crippen molar-refractivity contribution in [3.63, 3.8) is 0 Å². The number of hydrogen-bond acceptors (Lipinski definition) is 3. The van der Waals surface area contributed by atoms with Crippen LogP contribution in [0.5, 0.6) is 0 Å². The third-order valence-electron chi connectivity index (χ3n) is 2.24. The van der Waals surface area contributed by atoms with E-state index >= 15 is 0 Å². The van der Waals surface area contributed by atoms with Gasteiger partial charge in [0.2, 0.25) is 0 Å². The zero-order valence-corrected chi connectivity index (χ0v) is 11.2. The minimum atomic E-state index is -0.488. The van der Waals surface area contributed by atoms with Crippen molar-refractivity contribution < 1.29 is 14.3 Å². The molecule has 0 aromatic carbocycles. The lowest BCUT2D eigenvalue weighted by Crippen LogP contribution is -2.52. The molecular formula is C10H20ClN3O3. The average Bonchev–Trinajstić information content (AvgIpc) is 2.15. The molecule has 0 aromatic heterocycles. The van der Waals surface area contributed by atoms with Crippen LogP contribution < -0.4 is 5.73 Å². The number of piperazine rings is 1. The van der Waals surface area contributed by atoms with Crippen molar-refractivity contribution in [2.24, 2.45) is 5.73 Å². The minimum absolute atomic E-state index is 0. The normalized spacial score (nSPS) is 16.2. The van der Waals surface area contributed by atoms with E-state index in [9.17, 15) is 9.59 Å². The summed E-state index contributed by atoms with van der Waals surface area (Å²) in [6.45, 7) is 7.35. The predicted octanol–water partition coefficient (Wildman–Crippen LogP) is 1.04. The second-order valence-corrected chi connectivity index (χ2v) is 4.79. The molecule has 0 aliphatic carbocycles. The standard InChI is InChI=1S/C10H19N3O3.ClH/c1-10(2,3)16-9(15)13-6-4-12(5-7-13)8(11)14;/h4-7H2,1-3H3,(H2,11,14);1H. The molecule has 6 nitrogen and oxygen atoms in total. The van der Waals surface area contributed by atoms with Crippen LogP contribution in [-0.2, 0) is 4.74 Å². The first-order valence-corrected chi connectivity index (χ1v) is 5.32. The second-order valence-electron chi connectivity index (χ2n) is 4.79. The Morgan fingerprint density at radius 1 is 1.06 bits per heavy atom. The molecule has 1 saturated heterocycles. The molecule has 17 heavy (non-hydrogen) atoms. The quantitative estimate of drug-likeness (QED) is 0.711. The molecule has 0 unspecified atom stereocenters. The minimum Gasteiger partial charge on any atom is -0.444 e. The van der Waals surface area contributed by atoms with Gasteiger partial charge in [0, 0.05) is 26.2 Å². The molecule has 0 aromatic rings. The number of rotatable bonds is 0. The van der Waals surface area contributed by atoms with Gasteiger partial charge >= 0.3 is 12.1 Å². The van der Waals surface area contributed by atoms with Crippen LogP contribution in [0.1, 0.15) is 20.8 Å². The topological polar surface area (TPSA) is 75.9 Å². The fraction of sp³-hybridized carbons (Fsp3) is 0.800. The van der Waals surface area contributed by atoms with Crippen molar-refractivity contribution in [2.45, 2.75) is 26.4 Å². The lowest BCUT2D eigenvalue weighted by Gasteiger charge is -2.34. The Morgan fingerprint density at radius 3 is 1.82 bits per heavy atom. The summed E-state index contributed by atoms with van der Waals surface area (Å²) in [5.41, 5.74) is 4.65. The Balaban J connectivity index is 0.00000256. The second kappa shape index (κ2) is 5.95. The van der Waals surface area contributed by atoms with E-state index in [1.807, 2.05) is 20.8 Å². The molecule has 1 rings (SSSR count). The predicted molar refractivity (Wildman–Crippen MR) is 66.2 cm³/mol. The van der Waals surface area contributed by atoms with Crippen LogP contribution in [0.2, 0.25) is 0 Å². The highest BCUT2D eigenvalue weighted by Crippen LogP contribution is 2.11. The summed E-state index contributed by atoms with van der Waals surface area (Å²) in [7, 11) is 0. The Morgan fingerprint density at radius 2 is 1.47 bits per heavy atom. The molecule has 1 aliphatic heterocycles. The van der Waals surface area contributed by atoms with Crippen LogP contribution in [0.4, 0.5) is 9.59 Å². The monoisotopic (exact) mass is 265 g/mol. The number of amides is 3. The van der Waals surface area contributed by atoms with E-state index in [0.717, 1.165) is 0 Å². The van der Waals surface area contributed by atoms with Gasteiger partial charge in [-0.3, -0.25) is 0 Å². The Kier molecular flexibility index (Phi) is 5.54. The molecule has 1 aliphatic rings. The van der Waals surface area contributed by atoms with Gasteiger partial charge < -0.3 is 20.3 Å². The zero-order chi connectivity index (χ0) is 12.3. The first-order valence-electron chi connectivity index (χ1n) is 5.32. The van der Waals surface area contributed by atoms with Crippen molar-refractivity contribution in [2.75, 3.05) is 26.2 Å². The number of urea groups is 1. The third-order valence-corrected chi connectivity index (χ3v) is 2.24. The summed E-state index contributed by atoms with van der Waals surface area (Å²) >= 11 is 0. The van der Waals surface area contributed by atoms with Crippen LogP contribution >= 0.6 is 12.4 Å². The van der Waals surface area contributed by atoms with Gasteiger partial charge in [0.1, 0.15) is 5.60 Å². The van der Waals surface area contributed by atoms with Gasteiger partial charge in [-0.1, -0.05) is 0 Å². The molecule has 3 amide bonds. The number of hydrogen-bond donors (Lipinski definition) is 1. The number of halogens is 1. The zero-order valence-electron chi connectivity index (χ0n) is 10.4. The Labute approximate surface area is 107 Å².